The molecule has 5 heteroatoms. The van der Waals surface area contributed by atoms with Crippen molar-refractivity contribution >= 4 is 6.03 Å². The van der Waals surface area contributed by atoms with Crippen LogP contribution in [0.25, 0.3) is 0 Å². The number of carbonyl (C=O) groups is 1. The van der Waals surface area contributed by atoms with E-state index in [4.69, 9.17) is 4.74 Å². The Morgan fingerprint density at radius 1 is 1.25 bits per heavy atom. The highest BCUT2D eigenvalue weighted by Gasteiger charge is 2.30. The summed E-state index contributed by atoms with van der Waals surface area (Å²) in [5.74, 6) is 0.832. The number of rotatable bonds is 4. The number of hydrogen-bond acceptors (Lipinski definition) is 3. The lowest BCUT2D eigenvalue weighted by atomic mass is 9.84. The zero-order valence-electron chi connectivity index (χ0n) is 12.5. The van der Waals surface area contributed by atoms with E-state index in [1.165, 1.54) is 19.3 Å². The summed E-state index contributed by atoms with van der Waals surface area (Å²) >= 11 is 0. The fourth-order valence-corrected chi connectivity index (χ4v) is 3.12. The predicted molar refractivity (Wildman–Crippen MR) is 77.6 cm³/mol. The molecular formula is C15H28N2O3. The monoisotopic (exact) mass is 284 g/mol. The van der Waals surface area contributed by atoms with Gasteiger partial charge >= 0.3 is 6.03 Å². The third-order valence-electron chi connectivity index (χ3n) is 4.76. The Balaban J connectivity index is 1.65. The second-order valence-corrected chi connectivity index (χ2v) is 6.29. The standard InChI is InChI=1S/C15H28N2O3/c1-2-12-3-5-13(6-4-12)17-14(18)16-11-15(19)7-9-20-10-8-15/h12-13,19H,2-11H2,1H3,(H2,16,17,18). The first kappa shape index (κ1) is 15.6. The van der Waals surface area contributed by atoms with Crippen molar-refractivity contribution < 1.29 is 14.6 Å². The van der Waals surface area contributed by atoms with Gasteiger partial charge in [-0.2, -0.15) is 0 Å². The number of urea groups is 1. The molecule has 1 aliphatic heterocycles. The van der Waals surface area contributed by atoms with Crippen LogP contribution in [0.2, 0.25) is 0 Å². The van der Waals surface area contributed by atoms with Crippen molar-refractivity contribution in [3.8, 4) is 0 Å². The number of carbonyl (C=O) groups excluding carboxylic acids is 1. The molecule has 3 N–H and O–H groups in total. The van der Waals surface area contributed by atoms with E-state index in [9.17, 15) is 9.90 Å². The van der Waals surface area contributed by atoms with E-state index >= 15 is 0 Å². The first-order valence-corrected chi connectivity index (χ1v) is 7.96. The van der Waals surface area contributed by atoms with Crippen LogP contribution >= 0.6 is 0 Å². The molecule has 0 bridgehead atoms. The first-order valence-electron chi connectivity index (χ1n) is 7.96. The van der Waals surface area contributed by atoms with Gasteiger partial charge in [-0.3, -0.25) is 0 Å². The predicted octanol–water partition coefficient (Wildman–Crippen LogP) is 1.80. The van der Waals surface area contributed by atoms with E-state index in [0.29, 0.717) is 38.6 Å². The molecule has 0 atom stereocenters. The lowest BCUT2D eigenvalue weighted by Gasteiger charge is -2.33. The van der Waals surface area contributed by atoms with Gasteiger partial charge in [0.05, 0.1) is 5.60 Å². The molecule has 1 heterocycles. The van der Waals surface area contributed by atoms with E-state index in [2.05, 4.69) is 17.6 Å². The van der Waals surface area contributed by atoms with Crippen molar-refractivity contribution in [2.75, 3.05) is 19.8 Å². The molecule has 1 saturated carbocycles. The Hall–Kier alpha value is -0.810. The highest BCUT2D eigenvalue weighted by molar-refractivity contribution is 5.74. The van der Waals surface area contributed by atoms with Gasteiger partial charge in [0.25, 0.3) is 0 Å². The van der Waals surface area contributed by atoms with Gasteiger partial charge in [-0.1, -0.05) is 13.3 Å². The van der Waals surface area contributed by atoms with Crippen LogP contribution in [-0.4, -0.2) is 42.5 Å². The molecule has 1 aliphatic carbocycles. The van der Waals surface area contributed by atoms with E-state index in [1.807, 2.05) is 0 Å². The Labute approximate surface area is 121 Å². The Kier molecular flexibility index (Phi) is 5.66. The maximum atomic E-state index is 11.9. The average molecular weight is 284 g/mol. The molecule has 2 fully saturated rings. The second-order valence-electron chi connectivity index (χ2n) is 6.29. The molecule has 0 unspecified atom stereocenters. The van der Waals surface area contributed by atoms with Crippen LogP contribution in [0.5, 0.6) is 0 Å². The summed E-state index contributed by atoms with van der Waals surface area (Å²) in [7, 11) is 0. The minimum atomic E-state index is -0.796. The Morgan fingerprint density at radius 3 is 2.50 bits per heavy atom. The smallest absolute Gasteiger partial charge is 0.315 e. The van der Waals surface area contributed by atoms with Crippen molar-refractivity contribution in [2.24, 2.45) is 5.92 Å². The fraction of sp³-hybridized carbons (Fsp3) is 0.933. The van der Waals surface area contributed by atoms with Crippen LogP contribution in [-0.2, 0) is 4.74 Å². The third-order valence-corrected chi connectivity index (χ3v) is 4.76. The first-order chi connectivity index (χ1) is 9.61. The zero-order chi connectivity index (χ0) is 14.4. The lowest BCUT2D eigenvalue weighted by molar-refractivity contribution is -0.0600. The number of hydrogen-bond donors (Lipinski definition) is 3. The average Bonchev–Trinajstić information content (AvgIpc) is 2.47. The van der Waals surface area contributed by atoms with Crippen LogP contribution in [0, 0.1) is 5.92 Å². The van der Waals surface area contributed by atoms with Crippen molar-refractivity contribution in [2.45, 2.75) is 63.5 Å². The van der Waals surface area contributed by atoms with Gasteiger partial charge in [-0.15, -0.1) is 0 Å². The van der Waals surface area contributed by atoms with Gasteiger partial charge in [0.1, 0.15) is 0 Å². The molecule has 116 valence electrons. The Morgan fingerprint density at radius 2 is 1.90 bits per heavy atom. The minimum absolute atomic E-state index is 0.148. The molecule has 0 spiro atoms. The van der Waals surface area contributed by atoms with Crippen molar-refractivity contribution in [3.05, 3.63) is 0 Å². The van der Waals surface area contributed by atoms with E-state index in [0.717, 1.165) is 18.8 Å². The van der Waals surface area contributed by atoms with Crippen molar-refractivity contribution in [1.29, 1.82) is 0 Å². The quantitative estimate of drug-likeness (QED) is 0.737. The molecule has 0 aromatic heterocycles. The largest absolute Gasteiger partial charge is 0.388 e. The number of ether oxygens (including phenoxy) is 1. The molecule has 0 aromatic carbocycles. The van der Waals surface area contributed by atoms with E-state index in [1.54, 1.807) is 0 Å². The van der Waals surface area contributed by atoms with Crippen LogP contribution < -0.4 is 10.6 Å². The zero-order valence-corrected chi connectivity index (χ0v) is 12.5. The molecule has 1 saturated heterocycles. The minimum Gasteiger partial charge on any atom is -0.388 e. The molecule has 2 rings (SSSR count). The van der Waals surface area contributed by atoms with Gasteiger partial charge in [0.15, 0.2) is 0 Å². The fourth-order valence-electron chi connectivity index (χ4n) is 3.12. The third kappa shape index (κ3) is 4.63. The molecule has 20 heavy (non-hydrogen) atoms. The van der Waals surface area contributed by atoms with Crippen LogP contribution in [0.1, 0.15) is 51.9 Å². The van der Waals surface area contributed by atoms with Crippen LogP contribution in [0.15, 0.2) is 0 Å². The number of nitrogens with one attached hydrogen (secondary N) is 2. The molecule has 2 amide bonds. The van der Waals surface area contributed by atoms with Crippen LogP contribution in [0.4, 0.5) is 4.79 Å². The molecule has 0 radical (unpaired) electrons. The van der Waals surface area contributed by atoms with Gasteiger partial charge in [0, 0.05) is 38.6 Å². The van der Waals surface area contributed by atoms with Gasteiger partial charge in [-0.25, -0.2) is 4.79 Å². The van der Waals surface area contributed by atoms with E-state index in [-0.39, 0.29) is 6.03 Å². The molecule has 5 nitrogen and oxygen atoms in total. The normalized spacial score (nSPS) is 29.7. The highest BCUT2D eigenvalue weighted by Crippen LogP contribution is 2.26. The number of amides is 2. The van der Waals surface area contributed by atoms with Gasteiger partial charge in [-0.05, 0) is 31.6 Å². The summed E-state index contributed by atoms with van der Waals surface area (Å²) in [4.78, 5) is 11.9. The molecule has 0 aromatic rings. The molecule has 2 aliphatic rings. The maximum Gasteiger partial charge on any atom is 0.315 e. The maximum absolute atomic E-state index is 11.9. The van der Waals surface area contributed by atoms with Gasteiger partial charge < -0.3 is 20.5 Å². The summed E-state index contributed by atoms with van der Waals surface area (Å²) in [5, 5.41) is 16.1. The topological polar surface area (TPSA) is 70.6 Å². The van der Waals surface area contributed by atoms with Crippen molar-refractivity contribution in [3.63, 3.8) is 0 Å². The molecular weight excluding hydrogens is 256 g/mol. The summed E-state index contributed by atoms with van der Waals surface area (Å²) < 4.78 is 5.23. The Bertz CT molecular complexity index is 308. The second kappa shape index (κ2) is 7.27. The summed E-state index contributed by atoms with van der Waals surface area (Å²) in [6.45, 7) is 3.69. The highest BCUT2D eigenvalue weighted by atomic mass is 16.5. The lowest BCUT2D eigenvalue weighted by Crippen LogP contribution is -2.51. The van der Waals surface area contributed by atoms with Gasteiger partial charge in [0.2, 0.25) is 0 Å². The van der Waals surface area contributed by atoms with Crippen molar-refractivity contribution in [1.82, 2.24) is 10.6 Å². The SMILES string of the molecule is CCC1CCC(NC(=O)NCC2(O)CCOCC2)CC1. The summed E-state index contributed by atoms with van der Waals surface area (Å²) in [6, 6.07) is 0.145. The summed E-state index contributed by atoms with van der Waals surface area (Å²) in [6.07, 6.45) is 7.00. The number of aliphatic hydroxyl groups is 1. The van der Waals surface area contributed by atoms with Crippen LogP contribution in [0.3, 0.4) is 0 Å². The summed E-state index contributed by atoms with van der Waals surface area (Å²) in [5.41, 5.74) is -0.796. The van der Waals surface area contributed by atoms with E-state index < -0.39 is 5.60 Å².